The van der Waals surface area contributed by atoms with Crippen LogP contribution < -0.4 is 0 Å². The molecule has 1 heterocycles. The van der Waals surface area contributed by atoms with E-state index < -0.39 is 6.09 Å². The topological polar surface area (TPSA) is 54.3 Å². The number of methoxy groups -OCH3 is 1. The van der Waals surface area contributed by atoms with Gasteiger partial charge in [0, 0.05) is 18.6 Å². The van der Waals surface area contributed by atoms with Crippen molar-refractivity contribution >= 4 is 18.6 Å². The summed E-state index contributed by atoms with van der Waals surface area (Å²) >= 11 is 0. The van der Waals surface area contributed by atoms with Gasteiger partial charge in [0.15, 0.2) is 0 Å². The Morgan fingerprint density at radius 2 is 2.67 bits per heavy atom. The maximum Gasteiger partial charge on any atom is 0.434 e. The molecule has 1 rings (SSSR count). The molecule has 0 radical (unpaired) electrons. The highest BCUT2D eigenvalue weighted by Gasteiger charge is 1.97. The Labute approximate surface area is 70.1 Å². The Bertz CT molecular complexity index is 245. The van der Waals surface area contributed by atoms with Gasteiger partial charge < -0.3 is 9.64 Å². The molecule has 0 bridgehead atoms. The van der Waals surface area contributed by atoms with Gasteiger partial charge in [-0.3, -0.25) is 4.99 Å². The summed E-state index contributed by atoms with van der Waals surface area (Å²) in [5, 5.41) is 0. The van der Waals surface area contributed by atoms with Gasteiger partial charge in [-0.15, -0.1) is 0 Å². The second kappa shape index (κ2) is 4.27. The van der Waals surface area contributed by atoms with Crippen LogP contribution in [0.3, 0.4) is 0 Å². The van der Waals surface area contributed by atoms with E-state index in [9.17, 15) is 4.79 Å². The standard InChI is InChI=1S/C7H9N3O2/c1-12-7(11)9-6-10-4-2-8-3-5-10/h2-4,6H,5H2,1H3. The molecule has 5 heteroatoms. The first-order chi connectivity index (χ1) is 5.83. The summed E-state index contributed by atoms with van der Waals surface area (Å²) in [4.78, 5) is 19.6. The Morgan fingerprint density at radius 3 is 3.25 bits per heavy atom. The fourth-order valence-electron chi connectivity index (χ4n) is 0.647. The number of aliphatic imine (C=N–C) groups is 2. The first-order valence-corrected chi connectivity index (χ1v) is 3.39. The van der Waals surface area contributed by atoms with E-state index in [1.807, 2.05) is 0 Å². The number of hydrogen-bond acceptors (Lipinski definition) is 3. The molecule has 0 aliphatic carbocycles. The number of hydrogen-bond donors (Lipinski definition) is 0. The predicted molar refractivity (Wildman–Crippen MR) is 45.2 cm³/mol. The van der Waals surface area contributed by atoms with Crippen molar-refractivity contribution in [1.82, 2.24) is 4.90 Å². The maximum atomic E-state index is 10.5. The van der Waals surface area contributed by atoms with E-state index in [0.717, 1.165) is 0 Å². The molecule has 0 N–H and O–H groups in total. The number of carbonyl (C=O) groups is 1. The van der Waals surface area contributed by atoms with Gasteiger partial charge in [-0.25, -0.2) is 4.79 Å². The van der Waals surface area contributed by atoms with Crippen LogP contribution in [0.1, 0.15) is 0 Å². The van der Waals surface area contributed by atoms with Crippen LogP contribution in [-0.4, -0.2) is 37.2 Å². The zero-order chi connectivity index (χ0) is 8.81. The van der Waals surface area contributed by atoms with Crippen molar-refractivity contribution in [2.45, 2.75) is 0 Å². The highest BCUT2D eigenvalue weighted by atomic mass is 16.5. The molecule has 0 atom stereocenters. The third-order valence-corrected chi connectivity index (χ3v) is 1.23. The molecule has 0 aromatic carbocycles. The quantitative estimate of drug-likeness (QED) is 0.425. The summed E-state index contributed by atoms with van der Waals surface area (Å²) in [7, 11) is 1.28. The second-order valence-corrected chi connectivity index (χ2v) is 2.04. The number of rotatable bonds is 1. The van der Waals surface area contributed by atoms with Gasteiger partial charge in [-0.05, 0) is 0 Å². The second-order valence-electron chi connectivity index (χ2n) is 2.04. The van der Waals surface area contributed by atoms with Crippen molar-refractivity contribution in [3.05, 3.63) is 12.4 Å². The van der Waals surface area contributed by atoms with Crippen LogP contribution in [-0.2, 0) is 4.74 Å². The minimum Gasteiger partial charge on any atom is -0.451 e. The van der Waals surface area contributed by atoms with Crippen LogP contribution in [0.15, 0.2) is 22.4 Å². The molecule has 0 aromatic heterocycles. The summed E-state index contributed by atoms with van der Waals surface area (Å²) in [6.45, 7) is 0.622. The Morgan fingerprint density at radius 1 is 1.83 bits per heavy atom. The molecule has 0 aromatic rings. The van der Waals surface area contributed by atoms with Crippen molar-refractivity contribution in [3.8, 4) is 0 Å². The fraction of sp³-hybridized carbons (Fsp3) is 0.286. The lowest BCUT2D eigenvalue weighted by Crippen LogP contribution is -2.20. The Hall–Kier alpha value is -1.65. The van der Waals surface area contributed by atoms with Gasteiger partial charge in [-0.2, -0.15) is 4.99 Å². The lowest BCUT2D eigenvalue weighted by Gasteiger charge is -2.12. The third-order valence-electron chi connectivity index (χ3n) is 1.23. The monoisotopic (exact) mass is 167 g/mol. The van der Waals surface area contributed by atoms with Crippen molar-refractivity contribution < 1.29 is 9.53 Å². The van der Waals surface area contributed by atoms with E-state index in [1.54, 1.807) is 23.5 Å². The molecule has 0 saturated carbocycles. The normalized spacial score (nSPS) is 15.6. The maximum absolute atomic E-state index is 10.5. The lowest BCUT2D eigenvalue weighted by molar-refractivity contribution is 0.182. The van der Waals surface area contributed by atoms with Crippen LogP contribution in [0, 0.1) is 0 Å². The lowest BCUT2D eigenvalue weighted by atomic mass is 10.5. The molecule has 0 spiro atoms. The molecule has 1 aliphatic heterocycles. The largest absolute Gasteiger partial charge is 0.451 e. The molecule has 5 nitrogen and oxygen atoms in total. The molecule has 1 aliphatic rings. The molecule has 1 amide bonds. The van der Waals surface area contributed by atoms with Gasteiger partial charge in [-0.1, -0.05) is 0 Å². The minimum absolute atomic E-state index is 0.606. The molecular formula is C7H9N3O2. The summed E-state index contributed by atoms with van der Waals surface area (Å²) in [5.41, 5.74) is 0. The average molecular weight is 167 g/mol. The summed E-state index contributed by atoms with van der Waals surface area (Å²) in [6, 6.07) is 0. The first-order valence-electron chi connectivity index (χ1n) is 3.39. The zero-order valence-corrected chi connectivity index (χ0v) is 6.67. The van der Waals surface area contributed by atoms with E-state index in [4.69, 9.17) is 0 Å². The van der Waals surface area contributed by atoms with Crippen LogP contribution in [0.2, 0.25) is 0 Å². The van der Waals surface area contributed by atoms with Crippen LogP contribution in [0.4, 0.5) is 4.79 Å². The Kier molecular flexibility index (Phi) is 3.01. The van der Waals surface area contributed by atoms with Crippen molar-refractivity contribution in [2.75, 3.05) is 13.7 Å². The molecule has 12 heavy (non-hydrogen) atoms. The van der Waals surface area contributed by atoms with E-state index in [-0.39, 0.29) is 0 Å². The van der Waals surface area contributed by atoms with E-state index in [2.05, 4.69) is 14.7 Å². The minimum atomic E-state index is -0.606. The Balaban J connectivity index is 2.41. The van der Waals surface area contributed by atoms with Crippen LogP contribution >= 0.6 is 0 Å². The highest BCUT2D eigenvalue weighted by Crippen LogP contribution is 1.91. The molecule has 0 unspecified atom stereocenters. The van der Waals surface area contributed by atoms with Crippen LogP contribution in [0.5, 0.6) is 0 Å². The smallest absolute Gasteiger partial charge is 0.434 e. The average Bonchev–Trinajstić information content (AvgIpc) is 2.16. The van der Waals surface area contributed by atoms with Crippen LogP contribution in [0.25, 0.3) is 0 Å². The third kappa shape index (κ3) is 2.53. The summed E-state index contributed by atoms with van der Waals surface area (Å²) in [6.07, 6.45) is 5.83. The number of ether oxygens (including phenoxy) is 1. The number of amides is 1. The van der Waals surface area contributed by atoms with Gasteiger partial charge >= 0.3 is 6.09 Å². The summed E-state index contributed by atoms with van der Waals surface area (Å²) in [5.74, 6) is 0. The number of carbonyl (C=O) groups excluding carboxylic acids is 1. The van der Waals surface area contributed by atoms with Gasteiger partial charge in [0.05, 0.1) is 13.7 Å². The fourth-order valence-corrected chi connectivity index (χ4v) is 0.647. The van der Waals surface area contributed by atoms with Crippen molar-refractivity contribution in [1.29, 1.82) is 0 Å². The van der Waals surface area contributed by atoms with E-state index in [0.29, 0.717) is 6.54 Å². The van der Waals surface area contributed by atoms with Crippen molar-refractivity contribution in [2.24, 2.45) is 9.98 Å². The number of nitrogens with zero attached hydrogens (tertiary/aromatic N) is 3. The molecular weight excluding hydrogens is 158 g/mol. The van der Waals surface area contributed by atoms with Gasteiger partial charge in [0.2, 0.25) is 0 Å². The predicted octanol–water partition coefficient (Wildman–Crippen LogP) is 0.639. The first kappa shape index (κ1) is 8.45. The van der Waals surface area contributed by atoms with Gasteiger partial charge in [0.25, 0.3) is 0 Å². The van der Waals surface area contributed by atoms with E-state index in [1.165, 1.54) is 13.4 Å². The highest BCUT2D eigenvalue weighted by molar-refractivity contribution is 5.80. The molecule has 64 valence electrons. The molecule has 0 fully saturated rings. The van der Waals surface area contributed by atoms with E-state index >= 15 is 0 Å². The summed E-state index contributed by atoms with van der Waals surface area (Å²) < 4.78 is 4.32. The zero-order valence-electron chi connectivity index (χ0n) is 6.67. The van der Waals surface area contributed by atoms with Gasteiger partial charge in [0.1, 0.15) is 6.34 Å². The SMILES string of the molecule is COC(=O)N=CN1C=CN=CC1. The van der Waals surface area contributed by atoms with Crippen molar-refractivity contribution in [3.63, 3.8) is 0 Å². The molecule has 0 saturated heterocycles.